The van der Waals surface area contributed by atoms with Crippen LogP contribution in [0.4, 0.5) is 4.39 Å². The number of aromatic hydroxyl groups is 1. The highest BCUT2D eigenvalue weighted by atomic mass is 35.5. The molecule has 2 heterocycles. The molecule has 3 aliphatic rings. The molecule has 0 radical (unpaired) electrons. The summed E-state index contributed by atoms with van der Waals surface area (Å²) in [6.07, 6.45) is 3.35. The van der Waals surface area contributed by atoms with Gasteiger partial charge in [-0.25, -0.2) is 8.79 Å². The molecule has 174 valence electrons. The minimum absolute atomic E-state index is 0.0368. The molecule has 8 heteroatoms. The van der Waals surface area contributed by atoms with Crippen molar-refractivity contribution >= 4 is 51.5 Å². The molecule has 2 aromatic rings. The summed E-state index contributed by atoms with van der Waals surface area (Å²) in [5, 5.41) is 12.8. The number of likely N-dealkylation sites (tertiary alicyclic amines) is 2. The Bertz CT molecular complexity index is 1320. The summed E-state index contributed by atoms with van der Waals surface area (Å²) in [5.74, 6) is -0.493. The van der Waals surface area contributed by atoms with E-state index in [2.05, 4.69) is 22.5 Å². The van der Waals surface area contributed by atoms with Crippen molar-refractivity contribution in [3.63, 3.8) is 0 Å². The molecule has 1 N–H and O–H groups in total. The highest BCUT2D eigenvalue weighted by Gasteiger charge is 2.53. The smallest absolute Gasteiger partial charge is 0.245 e. The fourth-order valence-electron chi connectivity index (χ4n) is 4.81. The monoisotopic (exact) mass is 495 g/mol. The predicted molar refractivity (Wildman–Crippen MR) is 137 cm³/mol. The SMILES string of the molecule is C=CC(=O)N1CC2(CN(C(=C)SN=C3CC=C(Cl)C(c4cc(O)cc5ccccc45)=C3F)C2)C1. The van der Waals surface area contributed by atoms with Crippen molar-refractivity contribution in [1.29, 1.82) is 0 Å². The van der Waals surface area contributed by atoms with E-state index in [1.165, 1.54) is 12.1 Å². The number of rotatable bonds is 5. The number of halogens is 2. The van der Waals surface area contributed by atoms with E-state index in [0.29, 0.717) is 10.6 Å². The van der Waals surface area contributed by atoms with Crippen LogP contribution >= 0.6 is 23.5 Å². The van der Waals surface area contributed by atoms with E-state index in [9.17, 15) is 9.90 Å². The molecule has 2 aromatic carbocycles. The Morgan fingerprint density at radius 3 is 2.65 bits per heavy atom. The van der Waals surface area contributed by atoms with Gasteiger partial charge in [-0.1, -0.05) is 55.1 Å². The second-order valence-electron chi connectivity index (χ2n) is 8.94. The molecule has 1 amide bonds. The number of carbonyl (C=O) groups excluding carboxylic acids is 1. The molecule has 2 saturated heterocycles. The minimum Gasteiger partial charge on any atom is -0.508 e. The van der Waals surface area contributed by atoms with E-state index in [-0.39, 0.29) is 34.8 Å². The number of nitrogens with zero attached hydrogens (tertiary/aromatic N) is 3. The van der Waals surface area contributed by atoms with E-state index >= 15 is 4.39 Å². The average Bonchev–Trinajstić information content (AvgIpc) is 2.76. The zero-order valence-corrected chi connectivity index (χ0v) is 20.0. The Balaban J connectivity index is 1.32. The Hall–Kier alpha value is -3.03. The average molecular weight is 496 g/mol. The van der Waals surface area contributed by atoms with Gasteiger partial charge in [0, 0.05) is 60.6 Å². The summed E-state index contributed by atoms with van der Waals surface area (Å²) in [6.45, 7) is 10.7. The van der Waals surface area contributed by atoms with Crippen LogP contribution in [0.2, 0.25) is 0 Å². The second kappa shape index (κ2) is 8.64. The first-order valence-electron chi connectivity index (χ1n) is 10.9. The van der Waals surface area contributed by atoms with E-state index < -0.39 is 5.83 Å². The number of amides is 1. The zero-order valence-electron chi connectivity index (χ0n) is 18.4. The third-order valence-electron chi connectivity index (χ3n) is 6.51. The van der Waals surface area contributed by atoms with Crippen LogP contribution < -0.4 is 0 Å². The molecule has 34 heavy (non-hydrogen) atoms. The molecule has 2 aliphatic heterocycles. The highest BCUT2D eigenvalue weighted by molar-refractivity contribution is 8.01. The van der Waals surface area contributed by atoms with Crippen LogP contribution in [-0.2, 0) is 4.79 Å². The normalized spacial score (nSPS) is 20.3. The Morgan fingerprint density at radius 1 is 1.21 bits per heavy atom. The van der Waals surface area contributed by atoms with Gasteiger partial charge in [0.2, 0.25) is 5.91 Å². The van der Waals surface area contributed by atoms with E-state index in [1.807, 2.05) is 24.3 Å². The molecule has 0 aromatic heterocycles. The van der Waals surface area contributed by atoms with Crippen molar-refractivity contribution < 1.29 is 14.3 Å². The summed E-state index contributed by atoms with van der Waals surface area (Å²) in [4.78, 5) is 15.6. The summed E-state index contributed by atoms with van der Waals surface area (Å²) in [7, 11) is 0. The first-order valence-corrected chi connectivity index (χ1v) is 12.0. The first-order chi connectivity index (χ1) is 16.3. The number of phenolic OH excluding ortho intramolecular Hbond substituents is 1. The molecule has 1 aliphatic carbocycles. The van der Waals surface area contributed by atoms with Crippen LogP contribution in [0.3, 0.4) is 0 Å². The van der Waals surface area contributed by atoms with Crippen LogP contribution in [-0.4, -0.2) is 52.7 Å². The number of fused-ring (bicyclic) bond motifs is 1. The third-order valence-corrected chi connectivity index (χ3v) is 7.63. The third kappa shape index (κ3) is 3.93. The van der Waals surface area contributed by atoms with Crippen LogP contribution in [0.15, 0.2) is 82.0 Å². The van der Waals surface area contributed by atoms with Crippen molar-refractivity contribution in [2.75, 3.05) is 26.2 Å². The van der Waals surface area contributed by atoms with Crippen LogP contribution in [0, 0.1) is 5.41 Å². The topological polar surface area (TPSA) is 56.1 Å². The van der Waals surface area contributed by atoms with Gasteiger partial charge in [0.05, 0.1) is 10.7 Å². The molecule has 1 spiro atoms. The highest BCUT2D eigenvalue weighted by Crippen LogP contribution is 2.44. The summed E-state index contributed by atoms with van der Waals surface area (Å²) >= 11 is 7.58. The predicted octanol–water partition coefficient (Wildman–Crippen LogP) is 5.64. The lowest BCUT2D eigenvalue weighted by Gasteiger charge is -2.60. The zero-order chi connectivity index (χ0) is 24.0. The van der Waals surface area contributed by atoms with Crippen LogP contribution in [0.1, 0.15) is 12.0 Å². The molecule has 2 fully saturated rings. The molecule has 0 atom stereocenters. The number of benzene rings is 2. The fourth-order valence-corrected chi connectivity index (χ4v) is 5.68. The fraction of sp³-hybridized carbons (Fsp3) is 0.231. The largest absolute Gasteiger partial charge is 0.508 e. The van der Waals surface area contributed by atoms with Gasteiger partial charge in [0.25, 0.3) is 0 Å². The Kier molecular flexibility index (Phi) is 5.78. The molecular weight excluding hydrogens is 473 g/mol. The first kappa shape index (κ1) is 22.7. The van der Waals surface area contributed by atoms with Gasteiger partial charge in [-0.2, -0.15) is 0 Å². The molecule has 0 unspecified atom stereocenters. The maximum absolute atomic E-state index is 15.6. The number of hydrogen-bond donors (Lipinski definition) is 1. The summed E-state index contributed by atoms with van der Waals surface area (Å²) < 4.78 is 20.1. The Morgan fingerprint density at radius 2 is 1.91 bits per heavy atom. The molecule has 0 bridgehead atoms. The van der Waals surface area contributed by atoms with Gasteiger partial charge in [-0.05, 0) is 34.5 Å². The Labute approximate surface area is 206 Å². The minimum atomic E-state index is -0.499. The van der Waals surface area contributed by atoms with Crippen LogP contribution in [0.25, 0.3) is 16.3 Å². The number of allylic oxidation sites excluding steroid dienone is 4. The molecule has 5 rings (SSSR count). The van der Waals surface area contributed by atoms with Crippen molar-refractivity contribution in [1.82, 2.24) is 9.80 Å². The van der Waals surface area contributed by atoms with Gasteiger partial charge in [0.1, 0.15) is 5.75 Å². The molecule has 0 saturated carbocycles. The lowest BCUT2D eigenvalue weighted by atomic mass is 9.73. The maximum atomic E-state index is 15.6. The van der Waals surface area contributed by atoms with Gasteiger partial charge in [0.15, 0.2) is 5.83 Å². The van der Waals surface area contributed by atoms with Crippen molar-refractivity contribution in [2.24, 2.45) is 9.81 Å². The van der Waals surface area contributed by atoms with E-state index in [1.54, 1.807) is 17.0 Å². The van der Waals surface area contributed by atoms with Gasteiger partial charge in [-0.3, -0.25) is 4.79 Å². The number of carbonyl (C=O) groups is 1. The van der Waals surface area contributed by atoms with Crippen molar-refractivity contribution in [2.45, 2.75) is 6.42 Å². The standard InChI is InChI=1S/C26H23ClFN3O2S/c1-3-23(33)31-14-26(15-31)12-30(13-26)16(2)34-29-22-9-8-21(27)24(25(22)28)20-11-18(32)10-17-6-4-5-7-19(17)20/h3-8,10-11,32H,1-2,9,12-15H2. The number of phenols is 1. The van der Waals surface area contributed by atoms with E-state index in [0.717, 1.165) is 53.9 Å². The number of hydrogen-bond acceptors (Lipinski definition) is 5. The maximum Gasteiger partial charge on any atom is 0.245 e. The van der Waals surface area contributed by atoms with Crippen molar-refractivity contribution in [3.05, 3.63) is 83.2 Å². The quantitative estimate of drug-likeness (QED) is 0.430. The summed E-state index contributed by atoms with van der Waals surface area (Å²) in [5.41, 5.74) is 1.15. The van der Waals surface area contributed by atoms with Gasteiger partial charge in [-0.15, -0.1) is 0 Å². The van der Waals surface area contributed by atoms with Crippen LogP contribution in [0.5, 0.6) is 5.75 Å². The molecule has 5 nitrogen and oxygen atoms in total. The van der Waals surface area contributed by atoms with E-state index in [4.69, 9.17) is 11.6 Å². The second-order valence-corrected chi connectivity index (χ2v) is 10.2. The van der Waals surface area contributed by atoms with Gasteiger partial charge < -0.3 is 14.9 Å². The van der Waals surface area contributed by atoms with Gasteiger partial charge >= 0.3 is 0 Å². The molecular formula is C26H23ClFN3O2S. The van der Waals surface area contributed by atoms with Crippen molar-refractivity contribution in [3.8, 4) is 5.75 Å². The lowest BCUT2D eigenvalue weighted by molar-refractivity contribution is -0.149. The summed E-state index contributed by atoms with van der Waals surface area (Å²) in [6, 6.07) is 10.6. The lowest BCUT2D eigenvalue weighted by Crippen LogP contribution is -2.72.